The first kappa shape index (κ1) is 19.5. The van der Waals surface area contributed by atoms with Gasteiger partial charge in [-0.25, -0.2) is 4.39 Å². The second-order valence-electron chi connectivity index (χ2n) is 12.0. The summed E-state index contributed by atoms with van der Waals surface area (Å²) in [5, 5.41) is 14.6. The van der Waals surface area contributed by atoms with Crippen LogP contribution in [0.15, 0.2) is 12.4 Å². The summed E-state index contributed by atoms with van der Waals surface area (Å²) in [5.41, 5.74) is -0.347. The third kappa shape index (κ3) is 2.79. The molecule has 10 atom stereocenters. The molecule has 1 unspecified atom stereocenters. The monoisotopic (exact) mass is 414 g/mol. The van der Waals surface area contributed by atoms with Crippen molar-refractivity contribution in [3.8, 4) is 0 Å². The molecule has 0 bridgehead atoms. The number of aliphatic hydroxyl groups is 1. The Balaban J connectivity index is 1.23. The van der Waals surface area contributed by atoms with E-state index in [9.17, 15) is 14.3 Å². The fourth-order valence-corrected chi connectivity index (χ4v) is 9.34. The molecule has 5 aliphatic rings. The van der Waals surface area contributed by atoms with Crippen LogP contribution in [-0.4, -0.2) is 26.3 Å². The van der Waals surface area contributed by atoms with Gasteiger partial charge in [-0.15, -0.1) is 0 Å². The topological polar surface area (TPSA) is 55.1 Å². The number of nitrogens with zero attached hydrogens (tertiary/aromatic N) is 2. The summed E-state index contributed by atoms with van der Waals surface area (Å²) >= 11 is 0. The van der Waals surface area contributed by atoms with E-state index >= 15 is 0 Å². The first-order valence-corrected chi connectivity index (χ1v) is 12.2. The van der Waals surface area contributed by atoms with Crippen molar-refractivity contribution in [3.63, 3.8) is 0 Å². The van der Waals surface area contributed by atoms with Crippen molar-refractivity contribution in [2.45, 2.75) is 77.4 Å². The molecule has 0 amide bonds. The average molecular weight is 415 g/mol. The van der Waals surface area contributed by atoms with Crippen LogP contribution in [0.1, 0.15) is 65.2 Å². The van der Waals surface area contributed by atoms with E-state index in [2.05, 4.69) is 12.0 Å². The average Bonchev–Trinajstić information content (AvgIpc) is 3.23. The fraction of sp³-hybridized carbons (Fsp3) is 0.840. The Labute approximate surface area is 178 Å². The molecule has 0 aliphatic heterocycles. The van der Waals surface area contributed by atoms with E-state index in [0.29, 0.717) is 17.8 Å². The van der Waals surface area contributed by atoms with Crippen LogP contribution in [-0.2, 0) is 11.3 Å². The predicted molar refractivity (Wildman–Crippen MR) is 111 cm³/mol. The molecule has 1 aromatic rings. The lowest BCUT2D eigenvalue weighted by Gasteiger charge is -2.57. The van der Waals surface area contributed by atoms with Crippen molar-refractivity contribution < 1.29 is 14.3 Å². The van der Waals surface area contributed by atoms with Gasteiger partial charge in [0.2, 0.25) is 0 Å². The highest BCUT2D eigenvalue weighted by Gasteiger charge is 2.70. The minimum Gasteiger partial charge on any atom is -0.390 e. The molecule has 0 radical (unpaired) electrons. The maximum Gasteiger partial charge on any atom is 0.161 e. The third-order valence-corrected chi connectivity index (χ3v) is 10.3. The smallest absolute Gasteiger partial charge is 0.161 e. The highest BCUT2D eigenvalue weighted by Crippen LogP contribution is 2.74. The minimum absolute atomic E-state index is 0.116. The van der Waals surface area contributed by atoms with Crippen LogP contribution in [0.3, 0.4) is 0 Å². The first-order valence-electron chi connectivity index (χ1n) is 12.2. The van der Waals surface area contributed by atoms with Gasteiger partial charge in [-0.2, -0.15) is 5.10 Å². The Morgan fingerprint density at radius 1 is 1.13 bits per heavy atom. The molecule has 0 aromatic carbocycles. The molecule has 0 saturated heterocycles. The molecule has 0 spiro atoms. The number of aromatic nitrogens is 2. The molecule has 1 aromatic heterocycles. The number of hydrogen-bond acceptors (Lipinski definition) is 3. The van der Waals surface area contributed by atoms with E-state index in [0.717, 1.165) is 42.9 Å². The van der Waals surface area contributed by atoms with Crippen LogP contribution >= 0.6 is 0 Å². The van der Waals surface area contributed by atoms with Crippen LogP contribution in [0.4, 0.5) is 4.39 Å². The summed E-state index contributed by atoms with van der Waals surface area (Å²) in [5.74, 6) is 5.05. The van der Waals surface area contributed by atoms with E-state index < -0.39 is 5.60 Å². The maximum atomic E-state index is 13.4. The van der Waals surface area contributed by atoms with Gasteiger partial charge in [0, 0.05) is 5.92 Å². The lowest BCUT2D eigenvalue weighted by Crippen LogP contribution is -2.52. The Hall–Kier alpha value is -1.23. The number of rotatable bonds is 3. The Morgan fingerprint density at radius 3 is 2.70 bits per heavy atom. The largest absolute Gasteiger partial charge is 0.390 e. The third-order valence-electron chi connectivity index (χ3n) is 10.3. The highest BCUT2D eigenvalue weighted by molar-refractivity contribution is 5.83. The van der Waals surface area contributed by atoms with E-state index in [1.165, 1.54) is 49.2 Å². The molecule has 5 heteroatoms. The number of fused-ring (bicyclic) bond motifs is 7. The highest BCUT2D eigenvalue weighted by atomic mass is 19.1. The van der Waals surface area contributed by atoms with E-state index in [1.54, 1.807) is 0 Å². The number of ketones is 1. The lowest BCUT2D eigenvalue weighted by molar-refractivity contribution is -0.136. The summed E-state index contributed by atoms with van der Waals surface area (Å²) in [6, 6.07) is 0. The van der Waals surface area contributed by atoms with Crippen LogP contribution in [0.2, 0.25) is 0 Å². The Kier molecular flexibility index (Phi) is 4.15. The van der Waals surface area contributed by atoms with E-state index in [-0.39, 0.29) is 29.5 Å². The molecule has 30 heavy (non-hydrogen) atoms. The SMILES string of the molecule is C[C@@]1(O)CC[C@@H]2C3CC[C@@]4(C)[C@@H]([C@@H]5C[C@@H]5[C@@H]4C(=O)Cn4cc(F)cn4)[C@@H]3CC[C@@H]2C1. The van der Waals surface area contributed by atoms with Crippen LogP contribution in [0.25, 0.3) is 0 Å². The van der Waals surface area contributed by atoms with Crippen molar-refractivity contribution in [1.82, 2.24) is 9.78 Å². The summed E-state index contributed by atoms with van der Waals surface area (Å²) in [7, 11) is 0. The molecule has 1 heterocycles. The molecular formula is C25H35FN2O2. The van der Waals surface area contributed by atoms with Crippen molar-refractivity contribution in [2.24, 2.45) is 52.8 Å². The van der Waals surface area contributed by atoms with Crippen LogP contribution in [0, 0.1) is 58.6 Å². The Bertz CT molecular complexity index is 865. The molecular weight excluding hydrogens is 379 g/mol. The van der Waals surface area contributed by atoms with Crippen molar-refractivity contribution >= 4 is 5.78 Å². The van der Waals surface area contributed by atoms with Crippen molar-refractivity contribution in [1.29, 1.82) is 0 Å². The zero-order chi connectivity index (χ0) is 20.8. The molecule has 5 fully saturated rings. The van der Waals surface area contributed by atoms with Crippen molar-refractivity contribution in [3.05, 3.63) is 18.2 Å². The van der Waals surface area contributed by atoms with Gasteiger partial charge >= 0.3 is 0 Å². The van der Waals surface area contributed by atoms with Crippen molar-refractivity contribution in [2.75, 3.05) is 0 Å². The molecule has 5 saturated carbocycles. The summed E-state index contributed by atoms with van der Waals surface area (Å²) < 4.78 is 14.8. The molecule has 164 valence electrons. The van der Waals surface area contributed by atoms with Crippen LogP contribution in [0.5, 0.6) is 0 Å². The van der Waals surface area contributed by atoms with Crippen LogP contribution < -0.4 is 0 Å². The Morgan fingerprint density at radius 2 is 1.93 bits per heavy atom. The molecule has 1 N–H and O–H groups in total. The predicted octanol–water partition coefficient (Wildman–Crippen LogP) is 4.47. The van der Waals surface area contributed by atoms with Gasteiger partial charge in [0.1, 0.15) is 0 Å². The van der Waals surface area contributed by atoms with Gasteiger partial charge in [-0.05, 0) is 105 Å². The summed E-state index contributed by atoms with van der Waals surface area (Å²) in [4.78, 5) is 13.4. The van der Waals surface area contributed by atoms with Gasteiger partial charge in [0.05, 0.1) is 24.5 Å². The van der Waals surface area contributed by atoms with Gasteiger partial charge in [0.15, 0.2) is 11.6 Å². The fourth-order valence-electron chi connectivity index (χ4n) is 9.34. The summed E-state index contributed by atoms with van der Waals surface area (Å²) in [6.07, 6.45) is 11.8. The quantitative estimate of drug-likeness (QED) is 0.794. The zero-order valence-electron chi connectivity index (χ0n) is 18.3. The molecule has 6 rings (SSSR count). The van der Waals surface area contributed by atoms with E-state index in [1.807, 2.05) is 6.92 Å². The minimum atomic E-state index is -0.463. The molecule has 4 nitrogen and oxygen atoms in total. The van der Waals surface area contributed by atoms with Gasteiger partial charge in [-0.1, -0.05) is 6.92 Å². The van der Waals surface area contributed by atoms with Gasteiger partial charge in [-0.3, -0.25) is 9.48 Å². The standard InChI is InChI=1S/C25H35FN2O2/c1-24(30)7-5-16-14(10-24)3-4-18-17(16)6-8-25(2)22(18)19-9-20(19)23(25)21(29)13-28-12-15(26)11-27-28/h11-12,14,16-20,22-23,30H,3-10,13H2,1-2H3/t14-,16+,17?,18-,19-,20+,22-,23-,24-,25+/m1/s1. The number of carbonyl (C=O) groups is 1. The normalized spacial score (nSPS) is 51.5. The second kappa shape index (κ2) is 6.40. The number of halogens is 1. The number of Topliss-reactive ketones (excluding diaryl/α,β-unsaturated/α-hetero) is 1. The second-order valence-corrected chi connectivity index (χ2v) is 12.0. The zero-order valence-corrected chi connectivity index (χ0v) is 18.3. The summed E-state index contributed by atoms with van der Waals surface area (Å²) in [6.45, 7) is 4.65. The number of carbonyl (C=O) groups excluding carboxylic acids is 1. The number of hydrogen-bond donors (Lipinski definition) is 1. The molecule has 5 aliphatic carbocycles. The van der Waals surface area contributed by atoms with E-state index in [4.69, 9.17) is 0 Å². The maximum absolute atomic E-state index is 13.4. The van der Waals surface area contributed by atoms with Gasteiger partial charge in [0.25, 0.3) is 0 Å². The van der Waals surface area contributed by atoms with Gasteiger partial charge < -0.3 is 5.11 Å². The first-order chi connectivity index (χ1) is 14.3. The lowest BCUT2D eigenvalue weighted by atomic mass is 9.48.